The summed E-state index contributed by atoms with van der Waals surface area (Å²) in [6.07, 6.45) is 3.31. The highest BCUT2D eigenvalue weighted by Gasteiger charge is 2.37. The summed E-state index contributed by atoms with van der Waals surface area (Å²) in [5, 5.41) is 0. The van der Waals surface area contributed by atoms with E-state index < -0.39 is 0 Å². The van der Waals surface area contributed by atoms with Crippen molar-refractivity contribution in [1.82, 2.24) is 4.90 Å². The van der Waals surface area contributed by atoms with Crippen molar-refractivity contribution in [3.63, 3.8) is 0 Å². The van der Waals surface area contributed by atoms with Gasteiger partial charge < -0.3 is 10.6 Å². The van der Waals surface area contributed by atoms with Crippen LogP contribution in [0, 0.1) is 17.8 Å². The van der Waals surface area contributed by atoms with Crippen molar-refractivity contribution in [2.75, 3.05) is 6.54 Å². The normalized spacial score (nSPS) is 17.0. The number of carbonyl (C=O) groups excluding carboxylic acids is 1. The average molecular weight is 270 g/mol. The first kappa shape index (κ1) is 15.4. The zero-order valence-corrected chi connectivity index (χ0v) is 12.8. The van der Waals surface area contributed by atoms with Gasteiger partial charge in [0.15, 0.2) is 0 Å². The lowest BCUT2D eigenvalue weighted by Gasteiger charge is -2.29. The van der Waals surface area contributed by atoms with Crippen molar-refractivity contribution in [2.24, 2.45) is 23.5 Å². The Labute approximate surface area is 116 Å². The maximum absolute atomic E-state index is 12.6. The molecule has 1 amide bonds. The van der Waals surface area contributed by atoms with Gasteiger partial charge in [0.2, 0.25) is 5.91 Å². The molecule has 104 valence electrons. The van der Waals surface area contributed by atoms with Gasteiger partial charge in [-0.1, -0.05) is 39.9 Å². The smallest absolute Gasteiger partial charge is 0.233 e. The van der Waals surface area contributed by atoms with Crippen LogP contribution in [-0.4, -0.2) is 28.4 Å². The van der Waals surface area contributed by atoms with E-state index in [2.05, 4.69) is 13.8 Å². The molecular formula is C14H26N2OS. The van der Waals surface area contributed by atoms with E-state index in [9.17, 15) is 4.79 Å². The standard InChI is InChI=1S/C14H26N2OS/c1-9(2)7-8-16(11-5-6-11)14(17)12(10(3)4)13(15)18/h9-12H,5-8H2,1-4H3,(H2,15,18). The van der Waals surface area contributed by atoms with E-state index in [0.717, 1.165) is 25.8 Å². The molecule has 1 saturated carbocycles. The van der Waals surface area contributed by atoms with Gasteiger partial charge in [-0.25, -0.2) is 0 Å². The lowest BCUT2D eigenvalue weighted by molar-refractivity contribution is -0.135. The van der Waals surface area contributed by atoms with E-state index in [0.29, 0.717) is 16.9 Å². The van der Waals surface area contributed by atoms with Gasteiger partial charge in [0.1, 0.15) is 0 Å². The number of thiocarbonyl (C=S) groups is 1. The summed E-state index contributed by atoms with van der Waals surface area (Å²) in [5.41, 5.74) is 5.74. The monoisotopic (exact) mass is 270 g/mol. The minimum Gasteiger partial charge on any atom is -0.393 e. The first-order valence-electron chi connectivity index (χ1n) is 6.94. The topological polar surface area (TPSA) is 46.3 Å². The molecule has 2 N–H and O–H groups in total. The van der Waals surface area contributed by atoms with Gasteiger partial charge in [0.25, 0.3) is 0 Å². The predicted octanol–water partition coefficient (Wildman–Crippen LogP) is 2.58. The highest BCUT2D eigenvalue weighted by molar-refractivity contribution is 7.80. The van der Waals surface area contributed by atoms with Crippen LogP contribution in [0.15, 0.2) is 0 Å². The van der Waals surface area contributed by atoms with E-state index in [1.165, 1.54) is 0 Å². The number of hydrogen-bond donors (Lipinski definition) is 1. The Morgan fingerprint density at radius 1 is 1.33 bits per heavy atom. The Kier molecular flexibility index (Phi) is 5.57. The minimum atomic E-state index is -0.298. The van der Waals surface area contributed by atoms with Gasteiger partial charge in [0, 0.05) is 12.6 Å². The van der Waals surface area contributed by atoms with Crippen molar-refractivity contribution in [3.8, 4) is 0 Å². The Bertz CT molecular complexity index is 311. The summed E-state index contributed by atoms with van der Waals surface area (Å²) in [6, 6.07) is 0.437. The fourth-order valence-corrected chi connectivity index (χ4v) is 2.54. The summed E-state index contributed by atoms with van der Waals surface area (Å²) in [5.74, 6) is 0.630. The van der Waals surface area contributed by atoms with Crippen molar-refractivity contribution in [1.29, 1.82) is 0 Å². The van der Waals surface area contributed by atoms with Gasteiger partial charge in [0.05, 0.1) is 10.9 Å². The van der Waals surface area contributed by atoms with Gasteiger partial charge >= 0.3 is 0 Å². The van der Waals surface area contributed by atoms with Crippen LogP contribution < -0.4 is 5.73 Å². The molecule has 1 aliphatic carbocycles. The van der Waals surface area contributed by atoms with Gasteiger partial charge in [-0.3, -0.25) is 4.79 Å². The Morgan fingerprint density at radius 2 is 1.89 bits per heavy atom. The van der Waals surface area contributed by atoms with Gasteiger partial charge in [-0.15, -0.1) is 0 Å². The molecule has 0 heterocycles. The summed E-state index contributed by atoms with van der Waals surface area (Å²) >= 11 is 5.06. The number of carbonyl (C=O) groups is 1. The quantitative estimate of drug-likeness (QED) is 0.723. The molecule has 4 heteroatoms. The largest absolute Gasteiger partial charge is 0.393 e. The maximum Gasteiger partial charge on any atom is 0.233 e. The first-order chi connectivity index (χ1) is 8.34. The van der Waals surface area contributed by atoms with Crippen LogP contribution in [0.5, 0.6) is 0 Å². The van der Waals surface area contributed by atoms with E-state index in [1.807, 2.05) is 18.7 Å². The molecule has 0 bridgehead atoms. The molecule has 0 aromatic carbocycles. The number of hydrogen-bond acceptors (Lipinski definition) is 2. The SMILES string of the molecule is CC(C)CCN(C(=O)C(C(N)=S)C(C)C)C1CC1. The number of rotatable bonds is 7. The van der Waals surface area contributed by atoms with Crippen LogP contribution in [0.3, 0.4) is 0 Å². The second-order valence-corrected chi connectivity index (χ2v) is 6.54. The zero-order valence-electron chi connectivity index (χ0n) is 12.0. The molecule has 0 aromatic heterocycles. The molecule has 1 fully saturated rings. The van der Waals surface area contributed by atoms with E-state index >= 15 is 0 Å². The van der Waals surface area contributed by atoms with Crippen LogP contribution >= 0.6 is 12.2 Å². The Hall–Kier alpha value is -0.640. The fourth-order valence-electron chi connectivity index (χ4n) is 2.17. The highest BCUT2D eigenvalue weighted by atomic mass is 32.1. The molecule has 0 spiro atoms. The lowest BCUT2D eigenvalue weighted by Crippen LogP contribution is -2.45. The summed E-state index contributed by atoms with van der Waals surface area (Å²) in [7, 11) is 0. The van der Waals surface area contributed by atoms with E-state index in [1.54, 1.807) is 0 Å². The second-order valence-electron chi connectivity index (χ2n) is 6.07. The molecule has 0 saturated heterocycles. The summed E-state index contributed by atoms with van der Waals surface area (Å²) in [6.45, 7) is 9.23. The molecule has 1 unspecified atom stereocenters. The number of nitrogens with two attached hydrogens (primary N) is 1. The third kappa shape index (κ3) is 4.23. The van der Waals surface area contributed by atoms with E-state index in [-0.39, 0.29) is 17.7 Å². The first-order valence-corrected chi connectivity index (χ1v) is 7.35. The molecule has 0 radical (unpaired) electrons. The molecule has 1 rings (SSSR count). The summed E-state index contributed by atoms with van der Waals surface area (Å²) in [4.78, 5) is 14.9. The Balaban J connectivity index is 2.71. The molecule has 0 aliphatic heterocycles. The molecule has 3 nitrogen and oxygen atoms in total. The van der Waals surface area contributed by atoms with E-state index in [4.69, 9.17) is 18.0 Å². The van der Waals surface area contributed by atoms with Crippen molar-refractivity contribution in [2.45, 2.75) is 53.0 Å². The Morgan fingerprint density at radius 3 is 2.22 bits per heavy atom. The van der Waals surface area contributed by atoms with Crippen LogP contribution in [0.2, 0.25) is 0 Å². The molecular weight excluding hydrogens is 244 g/mol. The fraction of sp³-hybridized carbons (Fsp3) is 0.857. The van der Waals surface area contributed by atoms with Crippen molar-refractivity contribution >= 4 is 23.1 Å². The molecule has 0 aromatic rings. The number of nitrogens with zero attached hydrogens (tertiary/aromatic N) is 1. The number of amides is 1. The second kappa shape index (κ2) is 6.50. The predicted molar refractivity (Wildman–Crippen MR) is 79.3 cm³/mol. The van der Waals surface area contributed by atoms with Crippen LogP contribution in [0.25, 0.3) is 0 Å². The highest BCUT2D eigenvalue weighted by Crippen LogP contribution is 2.30. The molecule has 18 heavy (non-hydrogen) atoms. The average Bonchev–Trinajstić information content (AvgIpc) is 3.00. The van der Waals surface area contributed by atoms with Crippen molar-refractivity contribution < 1.29 is 4.79 Å². The van der Waals surface area contributed by atoms with Crippen molar-refractivity contribution in [3.05, 3.63) is 0 Å². The molecule has 1 atom stereocenters. The minimum absolute atomic E-state index is 0.139. The van der Waals surface area contributed by atoms with Gasteiger partial charge in [-0.05, 0) is 31.1 Å². The maximum atomic E-state index is 12.6. The molecule has 1 aliphatic rings. The zero-order chi connectivity index (χ0) is 13.9. The van der Waals surface area contributed by atoms with Crippen LogP contribution in [0.1, 0.15) is 47.0 Å². The third-order valence-corrected chi connectivity index (χ3v) is 3.71. The lowest BCUT2D eigenvalue weighted by atomic mass is 9.94. The third-order valence-electron chi connectivity index (χ3n) is 3.46. The summed E-state index contributed by atoms with van der Waals surface area (Å²) < 4.78 is 0. The van der Waals surface area contributed by atoms with Crippen LogP contribution in [0.4, 0.5) is 0 Å². The van der Waals surface area contributed by atoms with Gasteiger partial charge in [-0.2, -0.15) is 0 Å². The van der Waals surface area contributed by atoms with Crippen LogP contribution in [-0.2, 0) is 4.79 Å².